The van der Waals surface area contributed by atoms with E-state index in [1.165, 1.54) is 4.31 Å². The highest BCUT2D eigenvalue weighted by molar-refractivity contribution is 7.91. The van der Waals surface area contributed by atoms with Crippen LogP contribution in [-0.2, 0) is 16.6 Å². The standard InChI is InChI=1S/C9H15NO3S2/c1-3-10(4-2)15(12,13)9-6-5-8(7-11)14-9/h5-6,11H,3-4,7H2,1-2H3. The van der Waals surface area contributed by atoms with Gasteiger partial charge in [-0.05, 0) is 12.1 Å². The van der Waals surface area contributed by atoms with Gasteiger partial charge in [0.2, 0.25) is 0 Å². The fourth-order valence-electron chi connectivity index (χ4n) is 1.27. The van der Waals surface area contributed by atoms with Gasteiger partial charge in [0.25, 0.3) is 10.0 Å². The summed E-state index contributed by atoms with van der Waals surface area (Å²) in [5.74, 6) is 0. The minimum absolute atomic E-state index is 0.113. The average molecular weight is 249 g/mol. The molecule has 0 aliphatic rings. The summed E-state index contributed by atoms with van der Waals surface area (Å²) in [5, 5.41) is 8.87. The summed E-state index contributed by atoms with van der Waals surface area (Å²) < 4.78 is 25.7. The van der Waals surface area contributed by atoms with Crippen LogP contribution in [0.3, 0.4) is 0 Å². The van der Waals surface area contributed by atoms with Gasteiger partial charge in [-0.15, -0.1) is 11.3 Å². The fourth-order valence-corrected chi connectivity index (χ4v) is 4.10. The Hall–Kier alpha value is -0.430. The molecule has 86 valence electrons. The van der Waals surface area contributed by atoms with Crippen molar-refractivity contribution in [2.45, 2.75) is 24.7 Å². The number of nitrogens with zero attached hydrogens (tertiary/aromatic N) is 1. The van der Waals surface area contributed by atoms with Gasteiger partial charge in [0.15, 0.2) is 0 Å². The third-order valence-corrected chi connectivity index (χ3v) is 5.68. The van der Waals surface area contributed by atoms with Crippen molar-refractivity contribution in [2.24, 2.45) is 0 Å². The highest BCUT2D eigenvalue weighted by Gasteiger charge is 2.23. The molecule has 0 spiro atoms. The Balaban J connectivity index is 3.04. The van der Waals surface area contributed by atoms with Crippen LogP contribution in [0.15, 0.2) is 16.3 Å². The van der Waals surface area contributed by atoms with Crippen molar-refractivity contribution in [3.63, 3.8) is 0 Å². The molecule has 15 heavy (non-hydrogen) atoms. The number of rotatable bonds is 5. The lowest BCUT2D eigenvalue weighted by atomic mass is 10.5. The van der Waals surface area contributed by atoms with Gasteiger partial charge in [-0.3, -0.25) is 0 Å². The summed E-state index contributed by atoms with van der Waals surface area (Å²) in [6.07, 6.45) is 0. The van der Waals surface area contributed by atoms with Crippen molar-refractivity contribution in [1.29, 1.82) is 0 Å². The molecule has 0 unspecified atom stereocenters. The van der Waals surface area contributed by atoms with Crippen LogP contribution in [0.25, 0.3) is 0 Å². The molecule has 6 heteroatoms. The highest BCUT2D eigenvalue weighted by atomic mass is 32.2. The SMILES string of the molecule is CCN(CC)S(=O)(=O)c1ccc(CO)s1. The Morgan fingerprint density at radius 1 is 1.33 bits per heavy atom. The van der Waals surface area contributed by atoms with E-state index in [-0.39, 0.29) is 6.61 Å². The molecule has 1 N–H and O–H groups in total. The molecule has 0 aromatic carbocycles. The lowest BCUT2D eigenvalue weighted by molar-refractivity contribution is 0.285. The van der Waals surface area contributed by atoms with Crippen LogP contribution >= 0.6 is 11.3 Å². The first kappa shape index (κ1) is 12.6. The predicted octanol–water partition coefficient (Wildman–Crippen LogP) is 1.27. The molecule has 0 fully saturated rings. The number of aliphatic hydroxyl groups excluding tert-OH is 1. The van der Waals surface area contributed by atoms with Crippen molar-refractivity contribution in [3.05, 3.63) is 17.0 Å². The Morgan fingerprint density at radius 3 is 2.33 bits per heavy atom. The van der Waals surface area contributed by atoms with E-state index in [9.17, 15) is 8.42 Å². The van der Waals surface area contributed by atoms with Gasteiger partial charge >= 0.3 is 0 Å². The van der Waals surface area contributed by atoms with Crippen LogP contribution in [-0.4, -0.2) is 30.9 Å². The molecule has 1 rings (SSSR count). The minimum Gasteiger partial charge on any atom is -0.391 e. The van der Waals surface area contributed by atoms with Gasteiger partial charge in [0.1, 0.15) is 4.21 Å². The van der Waals surface area contributed by atoms with Gasteiger partial charge in [-0.2, -0.15) is 4.31 Å². The molecule has 0 atom stereocenters. The van der Waals surface area contributed by atoms with Gasteiger partial charge < -0.3 is 5.11 Å². The second-order valence-corrected chi connectivity index (χ2v) is 6.30. The average Bonchev–Trinajstić information content (AvgIpc) is 2.67. The van der Waals surface area contributed by atoms with Crippen LogP contribution < -0.4 is 0 Å². The predicted molar refractivity (Wildman–Crippen MR) is 60.3 cm³/mol. The second-order valence-electron chi connectivity index (χ2n) is 2.97. The zero-order valence-corrected chi connectivity index (χ0v) is 10.4. The molecule has 0 radical (unpaired) electrons. The van der Waals surface area contributed by atoms with Crippen LogP contribution in [0, 0.1) is 0 Å². The Bertz CT molecular complexity index is 407. The first-order valence-electron chi connectivity index (χ1n) is 4.76. The summed E-state index contributed by atoms with van der Waals surface area (Å²) in [6.45, 7) is 4.43. The van der Waals surface area contributed by atoms with Crippen molar-refractivity contribution >= 4 is 21.4 Å². The van der Waals surface area contributed by atoms with E-state index < -0.39 is 10.0 Å². The van der Waals surface area contributed by atoms with E-state index in [2.05, 4.69) is 0 Å². The van der Waals surface area contributed by atoms with Crippen LogP contribution in [0.2, 0.25) is 0 Å². The van der Waals surface area contributed by atoms with E-state index in [1.807, 2.05) is 13.8 Å². The largest absolute Gasteiger partial charge is 0.391 e. The smallest absolute Gasteiger partial charge is 0.252 e. The van der Waals surface area contributed by atoms with Crippen molar-refractivity contribution < 1.29 is 13.5 Å². The van der Waals surface area contributed by atoms with Crippen LogP contribution in [0.4, 0.5) is 0 Å². The quantitative estimate of drug-likeness (QED) is 0.855. The maximum atomic E-state index is 12.0. The Morgan fingerprint density at radius 2 is 1.93 bits per heavy atom. The molecule has 0 saturated heterocycles. The molecule has 4 nitrogen and oxygen atoms in total. The minimum atomic E-state index is -3.35. The molecule has 1 heterocycles. The topological polar surface area (TPSA) is 57.6 Å². The molecule has 0 aliphatic heterocycles. The lowest BCUT2D eigenvalue weighted by Gasteiger charge is -2.16. The van der Waals surface area contributed by atoms with Crippen molar-refractivity contribution in [3.8, 4) is 0 Å². The van der Waals surface area contributed by atoms with Gasteiger partial charge in [0.05, 0.1) is 6.61 Å². The number of hydrogen-bond acceptors (Lipinski definition) is 4. The van der Waals surface area contributed by atoms with Gasteiger partial charge in [-0.1, -0.05) is 13.8 Å². The number of sulfonamides is 1. The van der Waals surface area contributed by atoms with E-state index >= 15 is 0 Å². The molecule has 0 amide bonds. The summed E-state index contributed by atoms with van der Waals surface area (Å²) >= 11 is 1.12. The van der Waals surface area contributed by atoms with Crippen molar-refractivity contribution in [2.75, 3.05) is 13.1 Å². The first-order valence-corrected chi connectivity index (χ1v) is 7.01. The Labute approximate surface area is 94.2 Å². The highest BCUT2D eigenvalue weighted by Crippen LogP contribution is 2.24. The summed E-state index contributed by atoms with van der Waals surface area (Å²) in [7, 11) is -3.35. The molecular weight excluding hydrogens is 234 g/mol. The third-order valence-electron chi connectivity index (χ3n) is 2.09. The van der Waals surface area contributed by atoms with E-state index in [0.29, 0.717) is 22.2 Å². The maximum absolute atomic E-state index is 12.0. The summed E-state index contributed by atoms with van der Waals surface area (Å²) in [6, 6.07) is 3.19. The maximum Gasteiger partial charge on any atom is 0.252 e. The molecule has 0 saturated carbocycles. The molecular formula is C9H15NO3S2. The number of hydrogen-bond donors (Lipinski definition) is 1. The Kier molecular flexibility index (Phi) is 4.27. The zero-order valence-electron chi connectivity index (χ0n) is 8.80. The van der Waals surface area contributed by atoms with Crippen LogP contribution in [0.1, 0.15) is 18.7 Å². The monoisotopic (exact) mass is 249 g/mol. The molecule has 1 aromatic heterocycles. The van der Waals surface area contributed by atoms with Gasteiger partial charge in [-0.25, -0.2) is 8.42 Å². The first-order chi connectivity index (χ1) is 7.06. The van der Waals surface area contributed by atoms with Gasteiger partial charge in [0, 0.05) is 18.0 Å². The summed E-state index contributed by atoms with van der Waals surface area (Å²) in [5.41, 5.74) is 0. The lowest BCUT2D eigenvalue weighted by Crippen LogP contribution is -2.29. The molecule has 0 aliphatic carbocycles. The van der Waals surface area contributed by atoms with Crippen LogP contribution in [0.5, 0.6) is 0 Å². The van der Waals surface area contributed by atoms with Crippen molar-refractivity contribution in [1.82, 2.24) is 4.31 Å². The number of aliphatic hydroxyl groups is 1. The van der Waals surface area contributed by atoms with E-state index in [1.54, 1.807) is 12.1 Å². The second kappa shape index (κ2) is 5.07. The normalized spacial score (nSPS) is 12.3. The number of thiophene rings is 1. The molecule has 0 bridgehead atoms. The molecule has 1 aromatic rings. The summed E-state index contributed by atoms with van der Waals surface area (Å²) in [4.78, 5) is 0.667. The fraction of sp³-hybridized carbons (Fsp3) is 0.556. The zero-order chi connectivity index (χ0) is 11.5. The third kappa shape index (κ3) is 2.57. The van der Waals surface area contributed by atoms with E-state index in [0.717, 1.165) is 11.3 Å². The van der Waals surface area contributed by atoms with E-state index in [4.69, 9.17) is 5.11 Å².